The second kappa shape index (κ2) is 8.91. The number of pyridine rings is 1. The van der Waals surface area contributed by atoms with Crippen LogP contribution in [0, 0.1) is 5.82 Å². The molecule has 0 radical (unpaired) electrons. The van der Waals surface area contributed by atoms with Gasteiger partial charge in [-0.05, 0) is 23.8 Å². The number of hydrogen-bond donors (Lipinski definition) is 1. The van der Waals surface area contributed by atoms with E-state index in [-0.39, 0.29) is 12.1 Å². The van der Waals surface area contributed by atoms with Gasteiger partial charge in [0.05, 0.1) is 23.8 Å². The lowest BCUT2D eigenvalue weighted by atomic mass is 10.1. The fourth-order valence-corrected chi connectivity index (χ4v) is 4.18. The van der Waals surface area contributed by atoms with Gasteiger partial charge in [-0.1, -0.05) is 24.3 Å². The van der Waals surface area contributed by atoms with Crippen molar-refractivity contribution in [2.24, 2.45) is 0 Å². The lowest BCUT2D eigenvalue weighted by molar-refractivity contribution is 0.146. The van der Waals surface area contributed by atoms with Crippen LogP contribution < -0.4 is 10.1 Å². The van der Waals surface area contributed by atoms with Gasteiger partial charge in [0.25, 0.3) is 6.43 Å². The highest BCUT2D eigenvalue weighted by Gasteiger charge is 2.18. The van der Waals surface area contributed by atoms with E-state index in [1.807, 2.05) is 17.8 Å². The van der Waals surface area contributed by atoms with Crippen LogP contribution in [0.15, 0.2) is 36.7 Å². The lowest BCUT2D eigenvalue weighted by Gasteiger charge is -2.15. The van der Waals surface area contributed by atoms with E-state index in [0.29, 0.717) is 22.6 Å². The van der Waals surface area contributed by atoms with Crippen LogP contribution in [0.1, 0.15) is 29.7 Å². The fourth-order valence-electron chi connectivity index (χ4n) is 3.33. The van der Waals surface area contributed by atoms with Crippen molar-refractivity contribution in [2.45, 2.75) is 19.4 Å². The highest BCUT2D eigenvalue weighted by atomic mass is 32.2. The first-order chi connectivity index (χ1) is 14.6. The predicted molar refractivity (Wildman–Crippen MR) is 112 cm³/mol. The predicted octanol–water partition coefficient (Wildman–Crippen LogP) is 5.24. The molecule has 9 heteroatoms. The molecule has 0 saturated carbocycles. The molecule has 0 atom stereocenters. The van der Waals surface area contributed by atoms with Gasteiger partial charge in [0.1, 0.15) is 23.5 Å². The molecular formula is C21H19F3N4OS. The van der Waals surface area contributed by atoms with E-state index in [1.54, 1.807) is 0 Å². The zero-order chi connectivity index (χ0) is 21.1. The topological polar surface area (TPSA) is 59.9 Å². The van der Waals surface area contributed by atoms with Crippen LogP contribution in [0.3, 0.4) is 0 Å². The van der Waals surface area contributed by atoms with Gasteiger partial charge in [0, 0.05) is 17.9 Å². The number of nitrogens with one attached hydrogen (secondary N) is 1. The minimum Gasteiger partial charge on any atom is -0.479 e. The van der Waals surface area contributed by atoms with Crippen LogP contribution in [0.25, 0.3) is 16.5 Å². The summed E-state index contributed by atoms with van der Waals surface area (Å²) in [4.78, 5) is 13.1. The Bertz CT molecular complexity index is 1110. The van der Waals surface area contributed by atoms with E-state index in [0.717, 1.165) is 35.3 Å². The highest BCUT2D eigenvalue weighted by molar-refractivity contribution is 7.99. The molecule has 0 saturated heterocycles. The number of halogens is 3. The van der Waals surface area contributed by atoms with Crippen LogP contribution in [-0.4, -0.2) is 33.6 Å². The van der Waals surface area contributed by atoms with Gasteiger partial charge < -0.3 is 10.1 Å². The summed E-state index contributed by atoms with van der Waals surface area (Å²) in [7, 11) is 1.52. The molecule has 1 aromatic carbocycles. The zero-order valence-corrected chi connectivity index (χ0v) is 17.0. The van der Waals surface area contributed by atoms with Crippen molar-refractivity contribution in [3.05, 3.63) is 59.3 Å². The smallest absolute Gasteiger partial charge is 0.266 e. The van der Waals surface area contributed by atoms with Crippen molar-refractivity contribution < 1.29 is 17.9 Å². The number of ether oxygens (including phenoxy) is 1. The quantitative estimate of drug-likeness (QED) is 0.575. The Hall–Kier alpha value is -2.81. The Labute approximate surface area is 175 Å². The number of benzene rings is 1. The molecule has 0 unspecified atom stereocenters. The molecule has 30 heavy (non-hydrogen) atoms. The van der Waals surface area contributed by atoms with E-state index in [4.69, 9.17) is 4.74 Å². The Morgan fingerprint density at radius 3 is 2.87 bits per heavy atom. The summed E-state index contributed by atoms with van der Waals surface area (Å²) >= 11 is 1.86. The monoisotopic (exact) mass is 432 g/mol. The normalized spacial score (nSPS) is 14.1. The molecule has 4 rings (SSSR count). The molecule has 0 aliphatic carbocycles. The highest BCUT2D eigenvalue weighted by Crippen LogP contribution is 2.32. The number of hydrogen-bond acceptors (Lipinski definition) is 6. The Morgan fingerprint density at radius 1 is 1.27 bits per heavy atom. The number of aromatic nitrogens is 3. The van der Waals surface area contributed by atoms with Crippen molar-refractivity contribution in [3.8, 4) is 5.88 Å². The molecule has 1 N–H and O–H groups in total. The van der Waals surface area contributed by atoms with E-state index >= 15 is 0 Å². The first-order valence-corrected chi connectivity index (χ1v) is 10.5. The van der Waals surface area contributed by atoms with Gasteiger partial charge in [0.15, 0.2) is 0 Å². The van der Waals surface area contributed by atoms with Crippen molar-refractivity contribution in [1.29, 1.82) is 0 Å². The molecule has 0 amide bonds. The summed E-state index contributed by atoms with van der Waals surface area (Å²) < 4.78 is 45.8. The van der Waals surface area contributed by atoms with Crippen LogP contribution in [0.5, 0.6) is 5.88 Å². The first-order valence-electron chi connectivity index (χ1n) is 9.34. The van der Waals surface area contributed by atoms with E-state index < -0.39 is 17.8 Å². The molecular weight excluding hydrogens is 413 g/mol. The van der Waals surface area contributed by atoms with Crippen LogP contribution in [0.4, 0.5) is 19.0 Å². The minimum atomic E-state index is -2.87. The molecule has 2 aromatic heterocycles. The molecule has 1 aliphatic rings. The first kappa shape index (κ1) is 20.5. The molecule has 0 spiro atoms. The van der Waals surface area contributed by atoms with Crippen molar-refractivity contribution in [3.63, 3.8) is 0 Å². The summed E-state index contributed by atoms with van der Waals surface area (Å²) in [5.74, 6) is 1.85. The van der Waals surface area contributed by atoms with Crippen LogP contribution in [0.2, 0.25) is 0 Å². The fraction of sp³-hybridized carbons (Fsp3) is 0.286. The maximum absolute atomic E-state index is 14.4. The third-order valence-corrected chi connectivity index (χ3v) is 5.76. The van der Waals surface area contributed by atoms with Gasteiger partial charge in [0.2, 0.25) is 5.88 Å². The summed E-state index contributed by atoms with van der Waals surface area (Å²) in [5, 5.41) is 3.72. The van der Waals surface area contributed by atoms with Crippen molar-refractivity contribution >= 4 is 34.1 Å². The summed E-state index contributed by atoms with van der Waals surface area (Å²) in [5.41, 5.74) is 1.94. The molecule has 0 bridgehead atoms. The second-order valence-corrected chi connectivity index (χ2v) is 7.81. The summed E-state index contributed by atoms with van der Waals surface area (Å²) in [6, 6.07) is 5.85. The average molecular weight is 432 g/mol. The van der Waals surface area contributed by atoms with E-state index in [1.165, 1.54) is 25.6 Å². The van der Waals surface area contributed by atoms with E-state index in [9.17, 15) is 13.2 Å². The van der Waals surface area contributed by atoms with Gasteiger partial charge in [-0.25, -0.2) is 28.1 Å². The molecule has 0 fully saturated rings. The number of anilines is 1. The molecule has 3 aromatic rings. The molecule has 156 valence electrons. The average Bonchev–Trinajstić information content (AvgIpc) is 2.78. The van der Waals surface area contributed by atoms with Crippen molar-refractivity contribution in [1.82, 2.24) is 15.0 Å². The third-order valence-electron chi connectivity index (χ3n) is 4.87. The zero-order valence-electron chi connectivity index (χ0n) is 16.2. The largest absolute Gasteiger partial charge is 0.479 e. The molecule has 5 nitrogen and oxygen atoms in total. The van der Waals surface area contributed by atoms with Crippen LogP contribution >= 0.6 is 11.8 Å². The van der Waals surface area contributed by atoms with Crippen molar-refractivity contribution in [2.75, 3.05) is 23.9 Å². The summed E-state index contributed by atoms with van der Waals surface area (Å²) in [6.45, 7) is -0.00217. The van der Waals surface area contributed by atoms with Crippen LogP contribution in [-0.2, 0) is 6.54 Å². The minimum absolute atomic E-state index is 0.00217. The summed E-state index contributed by atoms with van der Waals surface area (Å²) in [6.07, 6.45) is 1.53. The Morgan fingerprint density at radius 2 is 2.13 bits per heavy atom. The maximum Gasteiger partial charge on any atom is 0.266 e. The number of methoxy groups -OCH3 is 1. The van der Waals surface area contributed by atoms with E-state index in [2.05, 4.69) is 26.3 Å². The number of rotatable bonds is 6. The van der Waals surface area contributed by atoms with Gasteiger partial charge in [-0.2, -0.15) is 11.8 Å². The molecule has 3 heterocycles. The third kappa shape index (κ3) is 4.07. The van der Waals surface area contributed by atoms with Gasteiger partial charge >= 0.3 is 0 Å². The SMILES string of the molecule is COc1nc(C2=CCSCC2)cc2c(NCc3cccc(C(F)F)c3F)ncnc12. The number of allylic oxidation sites excluding steroid dienone is 1. The number of thioether (sulfide) groups is 1. The Balaban J connectivity index is 1.71. The second-order valence-electron chi connectivity index (χ2n) is 6.66. The van der Waals surface area contributed by atoms with Gasteiger partial charge in [-0.15, -0.1) is 0 Å². The van der Waals surface area contributed by atoms with Gasteiger partial charge in [-0.3, -0.25) is 0 Å². The number of fused-ring (bicyclic) bond motifs is 1. The standard InChI is InChI=1S/C21H19F3N4OS/c1-29-21-18-15(9-16(28-21)12-5-7-30-8-6-12)20(27-11-26-18)25-10-13-3-2-4-14(17(13)22)19(23)24/h2-5,9,11,19H,6-8,10H2,1H3,(H,25,26,27). The Kier molecular flexibility index (Phi) is 6.08. The number of alkyl halides is 2. The molecule has 1 aliphatic heterocycles. The maximum atomic E-state index is 14.4. The lowest BCUT2D eigenvalue weighted by Crippen LogP contribution is -2.07. The number of nitrogens with zero attached hydrogens (tertiary/aromatic N) is 3.